The summed E-state index contributed by atoms with van der Waals surface area (Å²) < 4.78 is 0. The number of hydrogen-bond donors (Lipinski definition) is 2. The van der Waals surface area contributed by atoms with Gasteiger partial charge in [0.15, 0.2) is 5.82 Å². The zero-order valence-corrected chi connectivity index (χ0v) is 9.95. The van der Waals surface area contributed by atoms with Crippen molar-refractivity contribution < 1.29 is 4.79 Å². The van der Waals surface area contributed by atoms with E-state index in [2.05, 4.69) is 20.5 Å². The maximum absolute atomic E-state index is 11.8. The van der Waals surface area contributed by atoms with Crippen LogP contribution in [-0.2, 0) is 6.42 Å². The van der Waals surface area contributed by atoms with Crippen LogP contribution in [0.4, 0.5) is 5.82 Å². The molecule has 0 spiro atoms. The topological polar surface area (TPSA) is 70.7 Å². The third-order valence-electron chi connectivity index (χ3n) is 2.24. The highest BCUT2D eigenvalue weighted by molar-refractivity contribution is 6.29. The third-order valence-corrected chi connectivity index (χ3v) is 2.47. The first-order chi connectivity index (χ1) is 8.19. The first-order valence-electron chi connectivity index (χ1n) is 5.16. The van der Waals surface area contributed by atoms with Crippen molar-refractivity contribution in [2.75, 3.05) is 5.32 Å². The van der Waals surface area contributed by atoms with Gasteiger partial charge in [0, 0.05) is 18.0 Å². The molecule has 0 radical (unpaired) electrons. The van der Waals surface area contributed by atoms with Gasteiger partial charge < -0.3 is 5.32 Å². The summed E-state index contributed by atoms with van der Waals surface area (Å²) in [5.74, 6) is 0.241. The predicted octanol–water partition coefficient (Wildman–Crippen LogP) is 2.27. The molecule has 0 aliphatic rings. The molecular formula is C11H11ClN4O. The number of nitrogens with zero attached hydrogens (tertiary/aromatic N) is 2. The summed E-state index contributed by atoms with van der Waals surface area (Å²) >= 11 is 5.64. The predicted molar refractivity (Wildman–Crippen MR) is 65.2 cm³/mol. The molecule has 0 fully saturated rings. The second kappa shape index (κ2) is 4.97. The zero-order valence-electron chi connectivity index (χ0n) is 9.20. The second-order valence-electron chi connectivity index (χ2n) is 3.46. The molecule has 2 heterocycles. The van der Waals surface area contributed by atoms with Gasteiger partial charge in [0.05, 0.1) is 5.56 Å². The van der Waals surface area contributed by atoms with E-state index in [0.29, 0.717) is 16.5 Å². The first kappa shape index (κ1) is 11.6. The minimum atomic E-state index is -0.261. The fourth-order valence-electron chi connectivity index (χ4n) is 1.31. The molecule has 0 aliphatic heterocycles. The Morgan fingerprint density at radius 2 is 2.35 bits per heavy atom. The smallest absolute Gasteiger partial charge is 0.258 e. The molecule has 1 amide bonds. The van der Waals surface area contributed by atoms with E-state index < -0.39 is 0 Å². The average Bonchev–Trinajstić information content (AvgIpc) is 2.77. The molecule has 2 aromatic heterocycles. The van der Waals surface area contributed by atoms with Crippen LogP contribution in [0.2, 0.25) is 5.15 Å². The Hall–Kier alpha value is -1.88. The third kappa shape index (κ3) is 2.82. The van der Waals surface area contributed by atoms with Crippen molar-refractivity contribution in [3.05, 3.63) is 40.8 Å². The van der Waals surface area contributed by atoms with E-state index in [0.717, 1.165) is 12.1 Å². The van der Waals surface area contributed by atoms with Gasteiger partial charge in [-0.05, 0) is 18.6 Å². The fourth-order valence-corrected chi connectivity index (χ4v) is 1.42. The molecule has 0 atom stereocenters. The molecule has 0 bridgehead atoms. The summed E-state index contributed by atoms with van der Waals surface area (Å²) in [6.07, 6.45) is 2.26. The highest BCUT2D eigenvalue weighted by atomic mass is 35.5. The number of carbonyl (C=O) groups excluding carboxylic acids is 1. The molecule has 5 nitrogen and oxygen atoms in total. The Labute approximate surface area is 103 Å². The van der Waals surface area contributed by atoms with Gasteiger partial charge in [-0.15, -0.1) is 0 Å². The molecule has 88 valence electrons. The molecule has 0 aromatic carbocycles. The SMILES string of the molecule is CCc1cc(NC(=O)c2ccc(Cl)nc2)n[nH]1. The quantitative estimate of drug-likeness (QED) is 0.821. The van der Waals surface area contributed by atoms with Crippen LogP contribution >= 0.6 is 11.6 Å². The summed E-state index contributed by atoms with van der Waals surface area (Å²) in [6.45, 7) is 2.00. The summed E-state index contributed by atoms with van der Waals surface area (Å²) in [4.78, 5) is 15.6. The van der Waals surface area contributed by atoms with Gasteiger partial charge in [-0.25, -0.2) is 4.98 Å². The Morgan fingerprint density at radius 3 is 2.94 bits per heavy atom. The highest BCUT2D eigenvalue weighted by Crippen LogP contribution is 2.09. The maximum Gasteiger partial charge on any atom is 0.258 e. The number of halogens is 1. The van der Waals surface area contributed by atoms with E-state index in [9.17, 15) is 4.79 Å². The number of nitrogens with one attached hydrogen (secondary N) is 2. The molecule has 2 aromatic rings. The van der Waals surface area contributed by atoms with E-state index >= 15 is 0 Å². The van der Waals surface area contributed by atoms with Crippen molar-refractivity contribution in [1.29, 1.82) is 0 Å². The van der Waals surface area contributed by atoms with Gasteiger partial charge in [0.2, 0.25) is 0 Å². The Bertz CT molecular complexity index is 521. The van der Waals surface area contributed by atoms with Crippen molar-refractivity contribution in [3.8, 4) is 0 Å². The maximum atomic E-state index is 11.8. The fraction of sp³-hybridized carbons (Fsp3) is 0.182. The molecule has 0 unspecified atom stereocenters. The Kier molecular flexibility index (Phi) is 3.39. The number of anilines is 1. The van der Waals surface area contributed by atoms with Crippen LogP contribution in [0, 0.1) is 0 Å². The van der Waals surface area contributed by atoms with Crippen LogP contribution in [-0.4, -0.2) is 21.1 Å². The van der Waals surface area contributed by atoms with Crippen molar-refractivity contribution in [2.45, 2.75) is 13.3 Å². The number of H-pyrrole nitrogens is 1. The van der Waals surface area contributed by atoms with Gasteiger partial charge in [-0.3, -0.25) is 9.89 Å². The van der Waals surface area contributed by atoms with Crippen molar-refractivity contribution in [1.82, 2.24) is 15.2 Å². The second-order valence-corrected chi connectivity index (χ2v) is 3.84. The Balaban J connectivity index is 2.08. The van der Waals surface area contributed by atoms with E-state index in [1.807, 2.05) is 6.92 Å². The van der Waals surface area contributed by atoms with Crippen LogP contribution in [0.25, 0.3) is 0 Å². The van der Waals surface area contributed by atoms with Gasteiger partial charge in [0.25, 0.3) is 5.91 Å². The van der Waals surface area contributed by atoms with E-state index in [4.69, 9.17) is 11.6 Å². The van der Waals surface area contributed by atoms with Crippen molar-refractivity contribution in [2.24, 2.45) is 0 Å². The Morgan fingerprint density at radius 1 is 1.53 bits per heavy atom. The standard InChI is InChI=1S/C11H11ClN4O/c1-2-8-5-10(16-15-8)14-11(17)7-3-4-9(12)13-6-7/h3-6H,2H2,1H3,(H2,14,15,16,17). The number of rotatable bonds is 3. The van der Waals surface area contributed by atoms with Crippen LogP contribution in [0.5, 0.6) is 0 Å². The molecule has 0 aliphatic carbocycles. The molecule has 0 saturated heterocycles. The van der Waals surface area contributed by atoms with Gasteiger partial charge in [-0.2, -0.15) is 5.10 Å². The normalized spacial score (nSPS) is 10.2. The number of carbonyl (C=O) groups is 1. The van der Waals surface area contributed by atoms with E-state index in [1.54, 1.807) is 18.2 Å². The van der Waals surface area contributed by atoms with E-state index in [1.165, 1.54) is 6.20 Å². The van der Waals surface area contributed by atoms with Crippen LogP contribution < -0.4 is 5.32 Å². The summed E-state index contributed by atoms with van der Waals surface area (Å²) in [5, 5.41) is 9.81. The number of amides is 1. The highest BCUT2D eigenvalue weighted by Gasteiger charge is 2.08. The van der Waals surface area contributed by atoms with Crippen LogP contribution in [0.15, 0.2) is 24.4 Å². The lowest BCUT2D eigenvalue weighted by molar-refractivity contribution is 0.102. The van der Waals surface area contributed by atoms with Crippen molar-refractivity contribution in [3.63, 3.8) is 0 Å². The monoisotopic (exact) mass is 250 g/mol. The average molecular weight is 251 g/mol. The summed E-state index contributed by atoms with van der Waals surface area (Å²) in [6, 6.07) is 4.97. The minimum absolute atomic E-state index is 0.261. The number of aryl methyl sites for hydroxylation is 1. The van der Waals surface area contributed by atoms with Gasteiger partial charge in [0.1, 0.15) is 5.15 Å². The number of pyridine rings is 1. The lowest BCUT2D eigenvalue weighted by atomic mass is 10.2. The largest absolute Gasteiger partial charge is 0.305 e. The molecular weight excluding hydrogens is 240 g/mol. The number of hydrogen-bond acceptors (Lipinski definition) is 3. The zero-order chi connectivity index (χ0) is 12.3. The lowest BCUT2D eigenvalue weighted by Gasteiger charge is -2.00. The number of aromatic amines is 1. The molecule has 2 N–H and O–H groups in total. The minimum Gasteiger partial charge on any atom is -0.305 e. The van der Waals surface area contributed by atoms with E-state index in [-0.39, 0.29) is 5.91 Å². The van der Waals surface area contributed by atoms with Crippen LogP contribution in [0.3, 0.4) is 0 Å². The first-order valence-corrected chi connectivity index (χ1v) is 5.54. The van der Waals surface area contributed by atoms with Gasteiger partial charge >= 0.3 is 0 Å². The van der Waals surface area contributed by atoms with Gasteiger partial charge in [-0.1, -0.05) is 18.5 Å². The van der Waals surface area contributed by atoms with Crippen LogP contribution in [0.1, 0.15) is 23.0 Å². The summed E-state index contributed by atoms with van der Waals surface area (Å²) in [5.41, 5.74) is 1.41. The summed E-state index contributed by atoms with van der Waals surface area (Å²) in [7, 11) is 0. The van der Waals surface area contributed by atoms with Crippen molar-refractivity contribution >= 4 is 23.3 Å². The molecule has 2 rings (SSSR count). The molecule has 0 saturated carbocycles. The molecule has 17 heavy (non-hydrogen) atoms. The molecule has 6 heteroatoms. The lowest BCUT2D eigenvalue weighted by Crippen LogP contribution is -2.12. The number of aromatic nitrogens is 3.